The van der Waals surface area contributed by atoms with Crippen LogP contribution in [0.15, 0.2) is 36.5 Å². The Morgan fingerprint density at radius 1 is 1.28 bits per heavy atom. The number of carbonyl (C=O) groups excluding carboxylic acids is 1. The Hall–Kier alpha value is -1.78. The number of hydrogen-bond donors (Lipinski definition) is 2. The first-order valence-corrected chi connectivity index (χ1v) is 5.74. The predicted molar refractivity (Wildman–Crippen MR) is 70.3 cm³/mol. The van der Waals surface area contributed by atoms with Crippen molar-refractivity contribution in [2.75, 3.05) is 5.32 Å². The fourth-order valence-electron chi connectivity index (χ4n) is 1.34. The summed E-state index contributed by atoms with van der Waals surface area (Å²) in [6.45, 7) is 0. The summed E-state index contributed by atoms with van der Waals surface area (Å²) in [5.74, 6) is -0.469. The molecule has 0 bridgehead atoms. The molecule has 1 aromatic heterocycles. The van der Waals surface area contributed by atoms with E-state index < -0.39 is 5.91 Å². The lowest BCUT2D eigenvalue weighted by Crippen LogP contribution is -2.13. The molecular formula is C12H8Cl2N2O2. The molecule has 6 heteroatoms. The molecule has 2 aromatic rings. The number of nitrogens with one attached hydrogen (secondary N) is 1. The minimum Gasteiger partial charge on any atom is -0.507 e. The number of aromatic hydroxyl groups is 1. The number of phenolic OH excluding ortho intramolecular Hbond substituents is 1. The van der Waals surface area contributed by atoms with Gasteiger partial charge in [0.05, 0.1) is 10.6 Å². The largest absolute Gasteiger partial charge is 0.507 e. The number of anilines is 1. The van der Waals surface area contributed by atoms with E-state index in [0.717, 1.165) is 0 Å². The molecule has 1 heterocycles. The molecule has 92 valence electrons. The number of hydrogen-bond acceptors (Lipinski definition) is 3. The van der Waals surface area contributed by atoms with E-state index in [-0.39, 0.29) is 17.1 Å². The SMILES string of the molecule is O=C(Nc1ncccc1Cl)c1cc(Cl)ccc1O. The lowest BCUT2D eigenvalue weighted by molar-refractivity contribution is 0.102. The Morgan fingerprint density at radius 2 is 2.06 bits per heavy atom. The Kier molecular flexibility index (Phi) is 3.69. The van der Waals surface area contributed by atoms with Gasteiger partial charge in [0, 0.05) is 11.2 Å². The van der Waals surface area contributed by atoms with Crippen molar-refractivity contribution in [2.24, 2.45) is 0 Å². The minimum absolute atomic E-state index is 0.0595. The second-order valence-electron chi connectivity index (χ2n) is 3.45. The highest BCUT2D eigenvalue weighted by molar-refractivity contribution is 6.33. The van der Waals surface area contributed by atoms with Crippen LogP contribution in [0.2, 0.25) is 10.0 Å². The molecule has 2 rings (SSSR count). The normalized spacial score (nSPS) is 10.1. The van der Waals surface area contributed by atoms with Gasteiger partial charge in [-0.05, 0) is 30.3 Å². The number of nitrogens with zero attached hydrogens (tertiary/aromatic N) is 1. The number of pyridine rings is 1. The van der Waals surface area contributed by atoms with Crippen LogP contribution in [-0.4, -0.2) is 16.0 Å². The van der Waals surface area contributed by atoms with E-state index >= 15 is 0 Å². The molecule has 0 aliphatic heterocycles. The predicted octanol–water partition coefficient (Wildman–Crippen LogP) is 3.35. The van der Waals surface area contributed by atoms with Gasteiger partial charge >= 0.3 is 0 Å². The van der Waals surface area contributed by atoms with E-state index in [2.05, 4.69) is 10.3 Å². The highest BCUT2D eigenvalue weighted by Gasteiger charge is 2.13. The molecule has 0 aliphatic rings. The zero-order valence-electron chi connectivity index (χ0n) is 9.02. The molecule has 1 amide bonds. The van der Waals surface area contributed by atoms with Crippen molar-refractivity contribution >= 4 is 34.9 Å². The van der Waals surface area contributed by atoms with Crippen LogP contribution in [0.3, 0.4) is 0 Å². The van der Waals surface area contributed by atoms with Crippen molar-refractivity contribution < 1.29 is 9.90 Å². The smallest absolute Gasteiger partial charge is 0.260 e. The second kappa shape index (κ2) is 5.25. The zero-order chi connectivity index (χ0) is 13.1. The van der Waals surface area contributed by atoms with Gasteiger partial charge in [0.25, 0.3) is 5.91 Å². The number of halogens is 2. The fourth-order valence-corrected chi connectivity index (χ4v) is 1.68. The topological polar surface area (TPSA) is 62.2 Å². The van der Waals surface area contributed by atoms with Gasteiger partial charge in [-0.25, -0.2) is 4.98 Å². The number of phenols is 1. The summed E-state index contributed by atoms with van der Waals surface area (Å²) < 4.78 is 0. The molecule has 0 aliphatic carbocycles. The first kappa shape index (κ1) is 12.7. The van der Waals surface area contributed by atoms with E-state index in [1.165, 1.54) is 24.4 Å². The molecule has 0 atom stereocenters. The van der Waals surface area contributed by atoms with Crippen LogP contribution >= 0.6 is 23.2 Å². The van der Waals surface area contributed by atoms with E-state index in [0.29, 0.717) is 10.0 Å². The Bertz CT molecular complexity index is 602. The van der Waals surface area contributed by atoms with Crippen molar-refractivity contribution in [3.05, 3.63) is 52.1 Å². The van der Waals surface area contributed by atoms with Gasteiger partial charge in [-0.3, -0.25) is 4.79 Å². The van der Waals surface area contributed by atoms with Crippen LogP contribution < -0.4 is 5.32 Å². The molecule has 0 unspecified atom stereocenters. The Balaban J connectivity index is 2.28. The fraction of sp³-hybridized carbons (Fsp3) is 0. The third kappa shape index (κ3) is 2.72. The summed E-state index contributed by atoms with van der Waals surface area (Å²) in [6, 6.07) is 7.44. The van der Waals surface area contributed by atoms with Crippen molar-refractivity contribution in [2.45, 2.75) is 0 Å². The highest BCUT2D eigenvalue weighted by atomic mass is 35.5. The first-order valence-electron chi connectivity index (χ1n) is 4.98. The minimum atomic E-state index is -0.532. The summed E-state index contributed by atoms with van der Waals surface area (Å²) >= 11 is 11.6. The second-order valence-corrected chi connectivity index (χ2v) is 4.29. The summed E-state index contributed by atoms with van der Waals surface area (Å²) in [4.78, 5) is 15.8. The molecule has 4 nitrogen and oxygen atoms in total. The number of aromatic nitrogens is 1. The standard InChI is InChI=1S/C12H8Cl2N2O2/c13-7-3-4-10(17)8(6-7)12(18)16-11-9(14)2-1-5-15-11/h1-6,17H,(H,15,16,18). The maximum absolute atomic E-state index is 11.9. The van der Waals surface area contributed by atoms with Gasteiger partial charge in [0.2, 0.25) is 0 Å². The molecule has 2 N–H and O–H groups in total. The van der Waals surface area contributed by atoms with Gasteiger partial charge in [0.15, 0.2) is 5.82 Å². The molecule has 18 heavy (non-hydrogen) atoms. The molecule has 1 aromatic carbocycles. The van der Waals surface area contributed by atoms with Crippen LogP contribution in [0.5, 0.6) is 5.75 Å². The Labute approximate surface area is 113 Å². The monoisotopic (exact) mass is 282 g/mol. The van der Waals surface area contributed by atoms with Crippen molar-refractivity contribution in [3.63, 3.8) is 0 Å². The maximum atomic E-state index is 11.9. The molecule has 0 saturated heterocycles. The molecular weight excluding hydrogens is 275 g/mol. The van der Waals surface area contributed by atoms with Crippen molar-refractivity contribution in [1.29, 1.82) is 0 Å². The van der Waals surface area contributed by atoms with Gasteiger partial charge in [0.1, 0.15) is 5.75 Å². The average molecular weight is 283 g/mol. The number of benzene rings is 1. The van der Waals surface area contributed by atoms with Crippen molar-refractivity contribution in [3.8, 4) is 5.75 Å². The first-order chi connectivity index (χ1) is 8.58. The lowest BCUT2D eigenvalue weighted by atomic mass is 10.2. The number of rotatable bonds is 2. The Morgan fingerprint density at radius 3 is 2.78 bits per heavy atom. The molecule has 0 radical (unpaired) electrons. The third-order valence-corrected chi connectivity index (χ3v) is 2.73. The summed E-state index contributed by atoms with van der Waals surface area (Å²) in [5.41, 5.74) is 0.0595. The van der Waals surface area contributed by atoms with Gasteiger partial charge in [-0.1, -0.05) is 23.2 Å². The maximum Gasteiger partial charge on any atom is 0.260 e. The third-order valence-electron chi connectivity index (χ3n) is 2.19. The summed E-state index contributed by atoms with van der Waals surface area (Å²) in [6.07, 6.45) is 1.50. The van der Waals surface area contributed by atoms with E-state index in [1.807, 2.05) is 0 Å². The van der Waals surface area contributed by atoms with Crippen molar-refractivity contribution in [1.82, 2.24) is 4.98 Å². The molecule has 0 fully saturated rings. The molecule has 0 spiro atoms. The van der Waals surface area contributed by atoms with Crippen LogP contribution in [0, 0.1) is 0 Å². The van der Waals surface area contributed by atoms with Crippen LogP contribution in [0.1, 0.15) is 10.4 Å². The summed E-state index contributed by atoms with van der Waals surface area (Å²) in [5, 5.41) is 12.7. The average Bonchev–Trinajstić information content (AvgIpc) is 2.35. The highest BCUT2D eigenvalue weighted by Crippen LogP contribution is 2.24. The number of amides is 1. The van der Waals surface area contributed by atoms with Crippen LogP contribution in [-0.2, 0) is 0 Å². The van der Waals surface area contributed by atoms with E-state index in [4.69, 9.17) is 23.2 Å². The van der Waals surface area contributed by atoms with Gasteiger partial charge in [-0.15, -0.1) is 0 Å². The van der Waals surface area contributed by atoms with Gasteiger partial charge in [-0.2, -0.15) is 0 Å². The van der Waals surface area contributed by atoms with Gasteiger partial charge < -0.3 is 10.4 Å². The lowest BCUT2D eigenvalue weighted by Gasteiger charge is -2.07. The summed E-state index contributed by atoms with van der Waals surface area (Å²) in [7, 11) is 0. The van der Waals surface area contributed by atoms with Crippen LogP contribution in [0.25, 0.3) is 0 Å². The van der Waals surface area contributed by atoms with E-state index in [1.54, 1.807) is 12.1 Å². The van der Waals surface area contributed by atoms with Crippen LogP contribution in [0.4, 0.5) is 5.82 Å². The van der Waals surface area contributed by atoms with E-state index in [9.17, 15) is 9.90 Å². The zero-order valence-corrected chi connectivity index (χ0v) is 10.5. The number of carbonyl (C=O) groups is 1. The molecule has 0 saturated carbocycles. The quantitative estimate of drug-likeness (QED) is 0.888.